The molecule has 0 amide bonds. The minimum absolute atomic E-state index is 0.148. The smallest absolute Gasteiger partial charge is 0.282 e. The summed E-state index contributed by atoms with van der Waals surface area (Å²) in [5.74, 6) is 0. The van der Waals surface area contributed by atoms with Gasteiger partial charge in [-0.3, -0.25) is 0 Å². The Morgan fingerprint density at radius 3 is 2.32 bits per heavy atom. The third-order valence-corrected chi connectivity index (χ3v) is 7.62. The lowest BCUT2D eigenvalue weighted by Crippen LogP contribution is -2.45. The second-order valence-electron chi connectivity index (χ2n) is 7.39. The Morgan fingerprint density at radius 2 is 1.64 bits per heavy atom. The van der Waals surface area contributed by atoms with Crippen molar-refractivity contribution in [3.63, 3.8) is 0 Å². The van der Waals surface area contributed by atoms with Gasteiger partial charge in [0.05, 0.1) is 0 Å². The molecular weight excluding hydrogens is 334 g/mol. The highest BCUT2D eigenvalue weighted by Gasteiger charge is 2.31. The summed E-state index contributed by atoms with van der Waals surface area (Å²) >= 11 is 0. The monoisotopic (exact) mass is 365 g/mol. The summed E-state index contributed by atoms with van der Waals surface area (Å²) in [4.78, 5) is 2.38. The molecule has 5 nitrogen and oxygen atoms in total. The van der Waals surface area contributed by atoms with Crippen molar-refractivity contribution in [2.75, 3.05) is 32.1 Å². The zero-order chi connectivity index (χ0) is 17.9. The molecule has 1 aliphatic carbocycles. The van der Waals surface area contributed by atoms with Gasteiger partial charge in [-0.2, -0.15) is 17.0 Å². The molecule has 0 spiro atoms. The number of benzene rings is 1. The molecule has 1 aromatic carbocycles. The Kier molecular flexibility index (Phi) is 6.02. The van der Waals surface area contributed by atoms with Crippen molar-refractivity contribution in [2.24, 2.45) is 0 Å². The van der Waals surface area contributed by atoms with E-state index in [1.54, 1.807) is 18.4 Å². The minimum atomic E-state index is -3.43. The van der Waals surface area contributed by atoms with Gasteiger partial charge in [-0.15, -0.1) is 0 Å². The molecule has 140 valence electrons. The van der Waals surface area contributed by atoms with Gasteiger partial charge < -0.3 is 4.90 Å². The first-order valence-electron chi connectivity index (χ1n) is 9.52. The topological polar surface area (TPSA) is 43.9 Å². The molecule has 1 aromatic rings. The van der Waals surface area contributed by atoms with Crippen LogP contribution in [0.1, 0.15) is 50.5 Å². The quantitative estimate of drug-likeness (QED) is 0.777. The Labute approximate surface area is 152 Å². The average molecular weight is 366 g/mol. The molecule has 0 N–H and O–H groups in total. The first-order chi connectivity index (χ1) is 12.0. The number of hydrogen-bond acceptors (Lipinski definition) is 3. The molecule has 1 heterocycles. The molecule has 2 fully saturated rings. The lowest BCUT2D eigenvalue weighted by atomic mass is 9.96. The SMILES string of the molecule is CN(Cc1ccccc1N1CCCC1)S(=O)(=O)N(C)C1CCCCC1. The molecule has 0 unspecified atom stereocenters. The average Bonchev–Trinajstić information content (AvgIpc) is 3.16. The van der Waals surface area contributed by atoms with Crippen LogP contribution in [0.15, 0.2) is 24.3 Å². The van der Waals surface area contributed by atoms with Gasteiger partial charge in [0, 0.05) is 45.5 Å². The third-order valence-electron chi connectivity index (χ3n) is 5.68. The Hall–Kier alpha value is -1.11. The van der Waals surface area contributed by atoms with E-state index in [2.05, 4.69) is 17.0 Å². The molecule has 1 saturated heterocycles. The van der Waals surface area contributed by atoms with Crippen LogP contribution in [0.25, 0.3) is 0 Å². The third kappa shape index (κ3) is 4.18. The maximum atomic E-state index is 13.0. The van der Waals surface area contributed by atoms with Gasteiger partial charge in [0.2, 0.25) is 0 Å². The molecule has 1 aliphatic heterocycles. The standard InChI is InChI=1S/C19H31N3O2S/c1-20(25(23,24)21(2)18-11-4-3-5-12-18)16-17-10-6-7-13-19(17)22-14-8-9-15-22/h6-7,10,13,18H,3-5,8-9,11-12,14-16H2,1-2H3. The van der Waals surface area contributed by atoms with E-state index in [9.17, 15) is 8.42 Å². The summed E-state index contributed by atoms with van der Waals surface area (Å²) in [6, 6.07) is 8.36. The van der Waals surface area contributed by atoms with E-state index in [-0.39, 0.29) is 6.04 Å². The van der Waals surface area contributed by atoms with Crippen LogP contribution in [0, 0.1) is 0 Å². The molecule has 0 atom stereocenters. The maximum Gasteiger partial charge on any atom is 0.282 e. The van der Waals surface area contributed by atoms with E-state index < -0.39 is 10.2 Å². The van der Waals surface area contributed by atoms with E-state index in [0.717, 1.165) is 44.3 Å². The minimum Gasteiger partial charge on any atom is -0.371 e. The predicted molar refractivity (Wildman–Crippen MR) is 103 cm³/mol. The van der Waals surface area contributed by atoms with Crippen molar-refractivity contribution >= 4 is 15.9 Å². The van der Waals surface area contributed by atoms with Crippen LogP contribution in [0.5, 0.6) is 0 Å². The highest BCUT2D eigenvalue weighted by Crippen LogP contribution is 2.28. The second-order valence-corrected chi connectivity index (χ2v) is 9.49. The highest BCUT2D eigenvalue weighted by atomic mass is 32.2. The van der Waals surface area contributed by atoms with Crippen LogP contribution in [0.4, 0.5) is 5.69 Å². The summed E-state index contributed by atoms with van der Waals surface area (Å²) < 4.78 is 29.1. The highest BCUT2D eigenvalue weighted by molar-refractivity contribution is 7.86. The van der Waals surface area contributed by atoms with Gasteiger partial charge in [0.25, 0.3) is 10.2 Å². The van der Waals surface area contributed by atoms with Gasteiger partial charge in [-0.1, -0.05) is 37.5 Å². The molecule has 1 saturated carbocycles. The van der Waals surface area contributed by atoms with Gasteiger partial charge in [-0.05, 0) is 37.3 Å². The summed E-state index contributed by atoms with van der Waals surface area (Å²) in [5, 5.41) is 0. The number of para-hydroxylation sites is 1. The van der Waals surface area contributed by atoms with E-state index in [1.807, 2.05) is 12.1 Å². The van der Waals surface area contributed by atoms with Crippen LogP contribution >= 0.6 is 0 Å². The van der Waals surface area contributed by atoms with E-state index in [0.29, 0.717) is 6.54 Å². The van der Waals surface area contributed by atoms with Crippen molar-refractivity contribution in [3.05, 3.63) is 29.8 Å². The molecular formula is C19H31N3O2S. The summed E-state index contributed by atoms with van der Waals surface area (Å²) in [5.41, 5.74) is 2.27. The molecule has 0 bridgehead atoms. The van der Waals surface area contributed by atoms with Crippen molar-refractivity contribution in [3.8, 4) is 0 Å². The van der Waals surface area contributed by atoms with E-state index >= 15 is 0 Å². The van der Waals surface area contributed by atoms with Crippen LogP contribution in [-0.2, 0) is 16.8 Å². The number of rotatable bonds is 6. The normalized spacial score (nSPS) is 19.9. The largest absolute Gasteiger partial charge is 0.371 e. The summed E-state index contributed by atoms with van der Waals surface area (Å²) in [6.07, 6.45) is 7.88. The van der Waals surface area contributed by atoms with Crippen LogP contribution in [0.3, 0.4) is 0 Å². The zero-order valence-electron chi connectivity index (χ0n) is 15.5. The molecule has 6 heteroatoms. The van der Waals surface area contributed by atoms with Crippen LogP contribution in [-0.4, -0.2) is 50.3 Å². The van der Waals surface area contributed by atoms with Crippen molar-refractivity contribution in [2.45, 2.75) is 57.5 Å². The first kappa shape index (κ1) is 18.7. The van der Waals surface area contributed by atoms with Gasteiger partial charge >= 0.3 is 0 Å². The molecule has 0 aromatic heterocycles. The van der Waals surface area contributed by atoms with Gasteiger partial charge in [0.15, 0.2) is 0 Å². The van der Waals surface area contributed by atoms with Crippen molar-refractivity contribution in [1.82, 2.24) is 8.61 Å². The van der Waals surface area contributed by atoms with Gasteiger partial charge in [0.1, 0.15) is 0 Å². The van der Waals surface area contributed by atoms with Gasteiger partial charge in [-0.25, -0.2) is 0 Å². The second kappa shape index (κ2) is 8.06. The molecule has 25 heavy (non-hydrogen) atoms. The number of nitrogens with zero attached hydrogens (tertiary/aromatic N) is 3. The maximum absolute atomic E-state index is 13.0. The molecule has 3 rings (SSSR count). The van der Waals surface area contributed by atoms with E-state index in [1.165, 1.54) is 29.3 Å². The fraction of sp³-hybridized carbons (Fsp3) is 0.684. The van der Waals surface area contributed by atoms with Crippen molar-refractivity contribution in [1.29, 1.82) is 0 Å². The lowest BCUT2D eigenvalue weighted by molar-refractivity contribution is 0.268. The Balaban J connectivity index is 1.73. The number of anilines is 1. The van der Waals surface area contributed by atoms with Crippen LogP contribution < -0.4 is 4.90 Å². The molecule has 2 aliphatic rings. The fourth-order valence-electron chi connectivity index (χ4n) is 4.09. The number of hydrogen-bond donors (Lipinski definition) is 0. The Morgan fingerprint density at radius 1 is 1.00 bits per heavy atom. The zero-order valence-corrected chi connectivity index (χ0v) is 16.3. The Bertz CT molecular complexity index is 665. The lowest BCUT2D eigenvalue weighted by Gasteiger charge is -2.33. The predicted octanol–water partition coefficient (Wildman–Crippen LogP) is 3.23. The first-order valence-corrected chi connectivity index (χ1v) is 10.9. The summed E-state index contributed by atoms with van der Waals surface area (Å²) in [7, 11) is 0.0191. The van der Waals surface area contributed by atoms with Crippen molar-refractivity contribution < 1.29 is 8.42 Å². The van der Waals surface area contributed by atoms with Crippen LogP contribution in [0.2, 0.25) is 0 Å². The fourth-order valence-corrected chi connectivity index (χ4v) is 5.41. The molecule has 0 radical (unpaired) electrons. The van der Waals surface area contributed by atoms with E-state index in [4.69, 9.17) is 0 Å². The summed E-state index contributed by atoms with van der Waals surface area (Å²) in [6.45, 7) is 2.55.